The number of hydrogen-bond donors (Lipinski definition) is 0. The molecular formula is C19H36N2. The van der Waals surface area contributed by atoms with Crippen LogP contribution in [0.25, 0.3) is 0 Å². The predicted octanol–water partition coefficient (Wildman–Crippen LogP) is 6.69. The van der Waals surface area contributed by atoms with Crippen molar-refractivity contribution in [2.75, 3.05) is 0 Å². The van der Waals surface area contributed by atoms with Gasteiger partial charge in [0.15, 0.2) is 0 Å². The molecule has 0 amide bonds. The molecule has 2 rings (SSSR count). The highest BCUT2D eigenvalue weighted by Gasteiger charge is 2.14. The zero-order chi connectivity index (χ0) is 14.8. The Balaban J connectivity index is 1.79. The van der Waals surface area contributed by atoms with Gasteiger partial charge in [0, 0.05) is 0 Å². The molecule has 21 heavy (non-hydrogen) atoms. The van der Waals surface area contributed by atoms with Gasteiger partial charge in [-0.05, 0) is 31.6 Å². The van der Waals surface area contributed by atoms with Crippen molar-refractivity contribution in [3.8, 4) is 0 Å². The van der Waals surface area contributed by atoms with E-state index in [2.05, 4.69) is 6.92 Å². The summed E-state index contributed by atoms with van der Waals surface area (Å²) in [5.41, 5.74) is 0. The second kappa shape index (κ2) is 10.3. The molecule has 0 aliphatic heterocycles. The average molecular weight is 293 g/mol. The van der Waals surface area contributed by atoms with Crippen molar-refractivity contribution in [2.45, 2.75) is 115 Å². The Hall–Kier alpha value is -0.400. The number of azo groups is 1. The fourth-order valence-corrected chi connectivity index (χ4v) is 3.89. The van der Waals surface area contributed by atoms with Gasteiger partial charge in [-0.2, -0.15) is 10.2 Å². The van der Waals surface area contributed by atoms with Crippen LogP contribution in [0, 0.1) is 5.92 Å². The van der Waals surface area contributed by atoms with Gasteiger partial charge in [-0.3, -0.25) is 0 Å². The van der Waals surface area contributed by atoms with Gasteiger partial charge in [-0.25, -0.2) is 0 Å². The first-order valence-corrected chi connectivity index (χ1v) is 9.74. The van der Waals surface area contributed by atoms with Gasteiger partial charge in [-0.1, -0.05) is 77.6 Å². The Labute approximate surface area is 132 Å². The quantitative estimate of drug-likeness (QED) is 0.506. The number of hydrogen-bond acceptors (Lipinski definition) is 2. The predicted molar refractivity (Wildman–Crippen MR) is 90.9 cm³/mol. The summed E-state index contributed by atoms with van der Waals surface area (Å²) in [6.07, 6.45) is 20.5. The zero-order valence-electron chi connectivity index (χ0n) is 14.2. The van der Waals surface area contributed by atoms with E-state index in [1.165, 1.54) is 96.3 Å². The van der Waals surface area contributed by atoms with E-state index < -0.39 is 0 Å². The van der Waals surface area contributed by atoms with Crippen LogP contribution < -0.4 is 0 Å². The lowest BCUT2D eigenvalue weighted by Crippen LogP contribution is -2.08. The number of rotatable bonds is 2. The van der Waals surface area contributed by atoms with Crippen molar-refractivity contribution in [1.29, 1.82) is 0 Å². The van der Waals surface area contributed by atoms with E-state index >= 15 is 0 Å². The largest absolute Gasteiger partial charge is 0.191 e. The van der Waals surface area contributed by atoms with Crippen molar-refractivity contribution < 1.29 is 0 Å². The second-order valence-electron chi connectivity index (χ2n) is 7.56. The SMILES string of the molecule is CC1CCCCC(/N=N/C2CCCCCCCC2)CCC1. The lowest BCUT2D eigenvalue weighted by molar-refractivity contribution is 0.452. The van der Waals surface area contributed by atoms with Gasteiger partial charge < -0.3 is 0 Å². The molecule has 0 spiro atoms. The lowest BCUT2D eigenvalue weighted by Gasteiger charge is -2.13. The van der Waals surface area contributed by atoms with Gasteiger partial charge in [0.25, 0.3) is 0 Å². The van der Waals surface area contributed by atoms with E-state index in [0.717, 1.165) is 5.92 Å². The molecule has 0 heterocycles. The Kier molecular flexibility index (Phi) is 8.36. The maximum Gasteiger partial charge on any atom is 0.0708 e. The molecule has 0 saturated heterocycles. The standard InChI is InChI=1S/C19H36N2/c1-17-11-8-9-15-19(16-10-12-17)21-20-18-13-6-4-2-3-5-7-14-18/h17-19H,2-16H2,1H3/b21-20+. The molecule has 2 saturated carbocycles. The molecule has 0 aromatic carbocycles. The fraction of sp³-hybridized carbons (Fsp3) is 1.00. The van der Waals surface area contributed by atoms with Crippen LogP contribution in [0.1, 0.15) is 103 Å². The van der Waals surface area contributed by atoms with E-state index in [-0.39, 0.29) is 0 Å². The summed E-state index contributed by atoms with van der Waals surface area (Å²) in [6.45, 7) is 2.42. The third-order valence-corrected chi connectivity index (χ3v) is 5.44. The third kappa shape index (κ3) is 7.42. The number of nitrogens with zero attached hydrogens (tertiary/aromatic N) is 2. The van der Waals surface area contributed by atoms with Crippen LogP contribution >= 0.6 is 0 Å². The molecule has 0 aromatic rings. The Morgan fingerprint density at radius 1 is 0.476 bits per heavy atom. The van der Waals surface area contributed by atoms with E-state index in [9.17, 15) is 0 Å². The molecule has 0 N–H and O–H groups in total. The molecule has 2 unspecified atom stereocenters. The topological polar surface area (TPSA) is 24.7 Å². The average Bonchev–Trinajstić information content (AvgIpc) is 2.67. The minimum Gasteiger partial charge on any atom is -0.191 e. The second-order valence-corrected chi connectivity index (χ2v) is 7.56. The minimum atomic E-state index is 0.530. The zero-order valence-corrected chi connectivity index (χ0v) is 14.2. The van der Waals surface area contributed by atoms with Crippen molar-refractivity contribution in [2.24, 2.45) is 16.1 Å². The first-order chi connectivity index (χ1) is 10.3. The van der Waals surface area contributed by atoms with Crippen molar-refractivity contribution >= 4 is 0 Å². The van der Waals surface area contributed by atoms with Crippen LogP contribution in [0.5, 0.6) is 0 Å². The van der Waals surface area contributed by atoms with Gasteiger partial charge in [0.1, 0.15) is 0 Å². The van der Waals surface area contributed by atoms with Crippen molar-refractivity contribution in [1.82, 2.24) is 0 Å². The van der Waals surface area contributed by atoms with Crippen LogP contribution in [-0.2, 0) is 0 Å². The molecule has 2 aliphatic carbocycles. The smallest absolute Gasteiger partial charge is 0.0708 e. The van der Waals surface area contributed by atoms with Gasteiger partial charge in [0.2, 0.25) is 0 Å². The van der Waals surface area contributed by atoms with Crippen LogP contribution in [-0.4, -0.2) is 12.1 Å². The molecule has 0 aromatic heterocycles. The monoisotopic (exact) mass is 292 g/mol. The molecule has 2 fully saturated rings. The molecule has 2 heteroatoms. The third-order valence-electron chi connectivity index (χ3n) is 5.44. The molecule has 2 aliphatic rings. The van der Waals surface area contributed by atoms with Gasteiger partial charge in [0.05, 0.1) is 12.1 Å². The summed E-state index contributed by atoms with van der Waals surface area (Å²) < 4.78 is 0. The highest BCUT2D eigenvalue weighted by Crippen LogP contribution is 2.24. The summed E-state index contributed by atoms with van der Waals surface area (Å²) in [5.74, 6) is 0.926. The maximum absolute atomic E-state index is 4.80. The summed E-state index contributed by atoms with van der Waals surface area (Å²) in [4.78, 5) is 0. The Morgan fingerprint density at radius 2 is 0.857 bits per heavy atom. The van der Waals surface area contributed by atoms with Crippen molar-refractivity contribution in [3.63, 3.8) is 0 Å². The van der Waals surface area contributed by atoms with E-state index in [1.807, 2.05) is 0 Å². The molecule has 2 atom stereocenters. The minimum absolute atomic E-state index is 0.530. The highest BCUT2D eigenvalue weighted by atomic mass is 15.1. The lowest BCUT2D eigenvalue weighted by atomic mass is 9.99. The highest BCUT2D eigenvalue weighted by molar-refractivity contribution is 4.72. The normalized spacial score (nSPS) is 31.7. The van der Waals surface area contributed by atoms with Crippen LogP contribution in [0.3, 0.4) is 0 Å². The Bertz CT molecular complexity index is 277. The van der Waals surface area contributed by atoms with Crippen LogP contribution in [0.2, 0.25) is 0 Å². The van der Waals surface area contributed by atoms with E-state index in [4.69, 9.17) is 10.2 Å². The summed E-state index contributed by atoms with van der Waals surface area (Å²) in [6, 6.07) is 1.07. The first-order valence-electron chi connectivity index (χ1n) is 9.74. The Morgan fingerprint density at radius 3 is 1.48 bits per heavy atom. The molecule has 0 bridgehead atoms. The van der Waals surface area contributed by atoms with E-state index in [0.29, 0.717) is 12.1 Å². The fourth-order valence-electron chi connectivity index (χ4n) is 3.89. The van der Waals surface area contributed by atoms with Crippen LogP contribution in [0.15, 0.2) is 10.2 Å². The first kappa shape index (κ1) is 17.0. The molecular weight excluding hydrogens is 256 g/mol. The maximum atomic E-state index is 4.80. The molecule has 0 radical (unpaired) electrons. The van der Waals surface area contributed by atoms with Crippen LogP contribution in [0.4, 0.5) is 0 Å². The van der Waals surface area contributed by atoms with Crippen molar-refractivity contribution in [3.05, 3.63) is 0 Å². The summed E-state index contributed by atoms with van der Waals surface area (Å²) >= 11 is 0. The molecule has 122 valence electrons. The summed E-state index contributed by atoms with van der Waals surface area (Å²) in [5, 5.41) is 9.60. The summed E-state index contributed by atoms with van der Waals surface area (Å²) in [7, 11) is 0. The van der Waals surface area contributed by atoms with E-state index in [1.54, 1.807) is 0 Å². The molecule has 2 nitrogen and oxygen atoms in total. The van der Waals surface area contributed by atoms with Gasteiger partial charge in [-0.15, -0.1) is 0 Å². The van der Waals surface area contributed by atoms with Gasteiger partial charge >= 0.3 is 0 Å².